The predicted octanol–water partition coefficient (Wildman–Crippen LogP) is 3.94. The zero-order valence-corrected chi connectivity index (χ0v) is 11.0. The molecule has 0 radical (unpaired) electrons. The molecule has 1 aromatic heterocycles. The molecule has 2 rings (SSSR count). The molecule has 0 atom stereocenters. The number of aromatic nitrogens is 2. The molecule has 0 aliphatic carbocycles. The van der Waals surface area contributed by atoms with Crippen molar-refractivity contribution in [2.45, 2.75) is 19.8 Å². The van der Waals surface area contributed by atoms with E-state index in [1.807, 2.05) is 25.1 Å². The lowest BCUT2D eigenvalue weighted by Gasteiger charge is -2.08. The Bertz CT molecular complexity index is 512. The summed E-state index contributed by atoms with van der Waals surface area (Å²) < 4.78 is 0. The molecule has 88 valence electrons. The van der Waals surface area contributed by atoms with Crippen LogP contribution in [0, 0.1) is 0 Å². The van der Waals surface area contributed by atoms with Gasteiger partial charge in [0.15, 0.2) is 0 Å². The standard InChI is InChI=1S/C13H12Cl2N2/c1-2-10-11(16-13(15)17-12(10)14)8-9-6-4-3-5-7-9/h3-7H,2,8H2,1H3. The molecule has 0 spiro atoms. The van der Waals surface area contributed by atoms with Gasteiger partial charge in [-0.05, 0) is 23.6 Å². The second-order valence-electron chi connectivity index (χ2n) is 3.72. The summed E-state index contributed by atoms with van der Waals surface area (Å²) in [4.78, 5) is 8.24. The van der Waals surface area contributed by atoms with E-state index in [1.165, 1.54) is 5.56 Å². The van der Waals surface area contributed by atoms with Crippen molar-refractivity contribution in [3.63, 3.8) is 0 Å². The van der Waals surface area contributed by atoms with Crippen LogP contribution in [0.3, 0.4) is 0 Å². The fraction of sp³-hybridized carbons (Fsp3) is 0.231. The van der Waals surface area contributed by atoms with Gasteiger partial charge in [-0.3, -0.25) is 0 Å². The molecule has 0 aliphatic heterocycles. The van der Waals surface area contributed by atoms with Crippen molar-refractivity contribution in [2.75, 3.05) is 0 Å². The Labute approximate surface area is 111 Å². The molecule has 4 heteroatoms. The van der Waals surface area contributed by atoms with Crippen molar-refractivity contribution in [3.05, 3.63) is 57.6 Å². The molecular formula is C13H12Cl2N2. The highest BCUT2D eigenvalue weighted by Gasteiger charge is 2.11. The Kier molecular flexibility index (Phi) is 3.97. The first-order chi connectivity index (χ1) is 8.20. The summed E-state index contributed by atoms with van der Waals surface area (Å²) in [5.74, 6) is 0. The second kappa shape index (κ2) is 5.48. The minimum Gasteiger partial charge on any atom is -0.222 e. The molecule has 0 N–H and O–H groups in total. The average molecular weight is 267 g/mol. The molecule has 1 aromatic carbocycles. The van der Waals surface area contributed by atoms with Crippen molar-refractivity contribution in [3.8, 4) is 0 Å². The first-order valence-corrected chi connectivity index (χ1v) is 6.21. The van der Waals surface area contributed by atoms with Gasteiger partial charge in [-0.2, -0.15) is 0 Å². The summed E-state index contributed by atoms with van der Waals surface area (Å²) in [6.45, 7) is 2.03. The topological polar surface area (TPSA) is 25.8 Å². The minimum atomic E-state index is 0.207. The third-order valence-electron chi connectivity index (χ3n) is 2.58. The van der Waals surface area contributed by atoms with Gasteiger partial charge in [0.05, 0.1) is 5.69 Å². The highest BCUT2D eigenvalue weighted by atomic mass is 35.5. The van der Waals surface area contributed by atoms with Crippen LogP contribution in [0.5, 0.6) is 0 Å². The molecule has 0 fully saturated rings. The van der Waals surface area contributed by atoms with Gasteiger partial charge in [0.25, 0.3) is 0 Å². The summed E-state index contributed by atoms with van der Waals surface area (Å²) in [5, 5.41) is 0.663. The van der Waals surface area contributed by atoms with Gasteiger partial charge in [0.2, 0.25) is 5.28 Å². The molecule has 0 unspecified atom stereocenters. The van der Waals surface area contributed by atoms with E-state index in [1.54, 1.807) is 0 Å². The molecule has 17 heavy (non-hydrogen) atoms. The van der Waals surface area contributed by atoms with E-state index in [9.17, 15) is 0 Å². The van der Waals surface area contributed by atoms with E-state index in [4.69, 9.17) is 23.2 Å². The van der Waals surface area contributed by atoms with Gasteiger partial charge >= 0.3 is 0 Å². The third kappa shape index (κ3) is 2.96. The lowest BCUT2D eigenvalue weighted by atomic mass is 10.1. The molecular weight excluding hydrogens is 255 g/mol. The van der Waals surface area contributed by atoms with E-state index in [2.05, 4.69) is 22.1 Å². The van der Waals surface area contributed by atoms with E-state index in [0.717, 1.165) is 24.1 Å². The Morgan fingerprint density at radius 3 is 2.41 bits per heavy atom. The van der Waals surface area contributed by atoms with Crippen LogP contribution in [-0.4, -0.2) is 9.97 Å². The van der Waals surface area contributed by atoms with E-state index in [-0.39, 0.29) is 5.28 Å². The van der Waals surface area contributed by atoms with Crippen molar-refractivity contribution >= 4 is 23.2 Å². The van der Waals surface area contributed by atoms with Gasteiger partial charge in [0.1, 0.15) is 5.15 Å². The second-order valence-corrected chi connectivity index (χ2v) is 4.42. The number of nitrogens with zero attached hydrogens (tertiary/aromatic N) is 2. The predicted molar refractivity (Wildman–Crippen MR) is 70.7 cm³/mol. The fourth-order valence-corrected chi connectivity index (χ4v) is 2.31. The highest BCUT2D eigenvalue weighted by Crippen LogP contribution is 2.21. The van der Waals surface area contributed by atoms with Gasteiger partial charge < -0.3 is 0 Å². The summed E-state index contributed by atoms with van der Waals surface area (Å²) in [5.41, 5.74) is 3.07. The summed E-state index contributed by atoms with van der Waals surface area (Å²) in [7, 11) is 0. The van der Waals surface area contributed by atoms with Crippen LogP contribution in [-0.2, 0) is 12.8 Å². The van der Waals surface area contributed by atoms with Crippen molar-refractivity contribution in [1.29, 1.82) is 0 Å². The number of hydrogen-bond acceptors (Lipinski definition) is 2. The zero-order chi connectivity index (χ0) is 12.3. The van der Waals surface area contributed by atoms with Crippen molar-refractivity contribution < 1.29 is 0 Å². The summed E-state index contributed by atoms with van der Waals surface area (Å²) in [6.07, 6.45) is 1.53. The maximum absolute atomic E-state index is 6.07. The Morgan fingerprint density at radius 1 is 1.06 bits per heavy atom. The molecule has 0 saturated heterocycles. The van der Waals surface area contributed by atoms with Gasteiger partial charge in [0, 0.05) is 12.0 Å². The largest absolute Gasteiger partial charge is 0.224 e. The average Bonchev–Trinajstić information content (AvgIpc) is 2.30. The highest BCUT2D eigenvalue weighted by molar-refractivity contribution is 6.32. The summed E-state index contributed by atoms with van der Waals surface area (Å²) >= 11 is 11.9. The molecule has 0 amide bonds. The normalized spacial score (nSPS) is 10.5. The van der Waals surface area contributed by atoms with Crippen molar-refractivity contribution in [1.82, 2.24) is 9.97 Å². The van der Waals surface area contributed by atoms with Gasteiger partial charge in [-0.15, -0.1) is 0 Å². The lowest BCUT2D eigenvalue weighted by molar-refractivity contribution is 0.950. The first kappa shape index (κ1) is 12.3. The Morgan fingerprint density at radius 2 is 1.76 bits per heavy atom. The van der Waals surface area contributed by atoms with Crippen LogP contribution >= 0.6 is 23.2 Å². The lowest BCUT2D eigenvalue weighted by Crippen LogP contribution is -2.02. The van der Waals surface area contributed by atoms with Crippen molar-refractivity contribution in [2.24, 2.45) is 0 Å². The van der Waals surface area contributed by atoms with Crippen LogP contribution in [0.1, 0.15) is 23.7 Å². The van der Waals surface area contributed by atoms with Crippen LogP contribution in [0.15, 0.2) is 30.3 Å². The van der Waals surface area contributed by atoms with E-state index >= 15 is 0 Å². The number of rotatable bonds is 3. The Balaban J connectivity index is 2.38. The van der Waals surface area contributed by atoms with E-state index < -0.39 is 0 Å². The maximum atomic E-state index is 6.07. The molecule has 1 heterocycles. The SMILES string of the molecule is CCc1c(Cl)nc(Cl)nc1Cc1ccccc1. The number of benzene rings is 1. The smallest absolute Gasteiger partial charge is 0.222 e. The summed E-state index contributed by atoms with van der Waals surface area (Å²) in [6, 6.07) is 10.1. The molecule has 0 saturated carbocycles. The van der Waals surface area contributed by atoms with Gasteiger partial charge in [-0.25, -0.2) is 9.97 Å². The van der Waals surface area contributed by atoms with Crippen LogP contribution in [0.25, 0.3) is 0 Å². The Hall–Kier alpha value is -1.12. The van der Waals surface area contributed by atoms with Crippen LogP contribution in [0.2, 0.25) is 10.4 Å². The third-order valence-corrected chi connectivity index (χ3v) is 3.06. The maximum Gasteiger partial charge on any atom is 0.224 e. The van der Waals surface area contributed by atoms with Crippen LogP contribution < -0.4 is 0 Å². The molecule has 0 bridgehead atoms. The molecule has 0 aliphatic rings. The van der Waals surface area contributed by atoms with E-state index in [0.29, 0.717) is 5.15 Å². The molecule has 2 nitrogen and oxygen atoms in total. The monoisotopic (exact) mass is 266 g/mol. The fourth-order valence-electron chi connectivity index (χ4n) is 1.76. The van der Waals surface area contributed by atoms with Crippen LogP contribution in [0.4, 0.5) is 0 Å². The first-order valence-electron chi connectivity index (χ1n) is 5.45. The number of halogens is 2. The van der Waals surface area contributed by atoms with Gasteiger partial charge in [-0.1, -0.05) is 48.9 Å². The molecule has 2 aromatic rings. The number of hydrogen-bond donors (Lipinski definition) is 0. The quantitative estimate of drug-likeness (QED) is 0.621. The zero-order valence-electron chi connectivity index (χ0n) is 9.45. The minimum absolute atomic E-state index is 0.207.